The molecular formula is C16H22N4OS. The predicted octanol–water partition coefficient (Wildman–Crippen LogP) is 2.73. The summed E-state index contributed by atoms with van der Waals surface area (Å²) in [4.78, 5) is 15.8. The zero-order chi connectivity index (χ0) is 15.4. The second-order valence-electron chi connectivity index (χ2n) is 5.84. The lowest BCUT2D eigenvalue weighted by Gasteiger charge is -2.23. The quantitative estimate of drug-likeness (QED) is 0.820. The number of thiazole rings is 1. The first-order chi connectivity index (χ1) is 10.7. The molecule has 1 aliphatic rings. The van der Waals surface area contributed by atoms with Crippen LogP contribution < -0.4 is 0 Å². The molecule has 0 radical (unpaired) electrons. The van der Waals surface area contributed by atoms with E-state index >= 15 is 0 Å². The van der Waals surface area contributed by atoms with E-state index in [0.29, 0.717) is 6.10 Å². The van der Waals surface area contributed by atoms with Gasteiger partial charge in [0.15, 0.2) is 0 Å². The molecule has 6 heteroatoms. The summed E-state index contributed by atoms with van der Waals surface area (Å²) >= 11 is 1.72. The molecule has 0 bridgehead atoms. The first kappa shape index (κ1) is 15.5. The molecule has 0 amide bonds. The van der Waals surface area contributed by atoms with Crippen molar-refractivity contribution in [1.29, 1.82) is 0 Å². The Labute approximate surface area is 135 Å². The summed E-state index contributed by atoms with van der Waals surface area (Å²) in [5, 5.41) is 3.25. The maximum Gasteiger partial charge on any atom is 0.107 e. The Kier molecular flexibility index (Phi) is 5.12. The summed E-state index contributed by atoms with van der Waals surface area (Å²) in [5.41, 5.74) is 3.04. The highest BCUT2D eigenvalue weighted by Crippen LogP contribution is 2.18. The summed E-state index contributed by atoms with van der Waals surface area (Å²) in [6.45, 7) is 7.43. The van der Waals surface area contributed by atoms with Crippen molar-refractivity contribution < 1.29 is 4.74 Å². The number of hydrogen-bond donors (Lipinski definition) is 0. The van der Waals surface area contributed by atoms with Crippen molar-refractivity contribution in [3.8, 4) is 0 Å². The molecule has 118 valence electrons. The third kappa shape index (κ3) is 4.32. The molecule has 3 heterocycles. The van der Waals surface area contributed by atoms with Crippen LogP contribution in [0, 0.1) is 13.8 Å². The van der Waals surface area contributed by atoms with Gasteiger partial charge in [-0.3, -0.25) is 14.9 Å². The lowest BCUT2D eigenvalue weighted by atomic mass is 10.2. The van der Waals surface area contributed by atoms with E-state index in [1.165, 1.54) is 6.42 Å². The Morgan fingerprint density at radius 3 is 2.77 bits per heavy atom. The topological polar surface area (TPSA) is 51.1 Å². The van der Waals surface area contributed by atoms with E-state index in [9.17, 15) is 0 Å². The van der Waals surface area contributed by atoms with Crippen molar-refractivity contribution in [3.63, 3.8) is 0 Å². The van der Waals surface area contributed by atoms with Crippen molar-refractivity contribution in [2.24, 2.45) is 0 Å². The molecule has 1 atom stereocenters. The molecule has 2 aromatic heterocycles. The monoisotopic (exact) mass is 318 g/mol. The van der Waals surface area contributed by atoms with Crippen LogP contribution in [0.3, 0.4) is 0 Å². The van der Waals surface area contributed by atoms with Gasteiger partial charge in [-0.15, -0.1) is 11.3 Å². The normalized spacial score (nSPS) is 18.2. The molecular weight excluding hydrogens is 296 g/mol. The highest BCUT2D eigenvalue weighted by molar-refractivity contribution is 7.09. The molecule has 5 nitrogen and oxygen atoms in total. The SMILES string of the molecule is Cc1cnc(CN(Cc2nc(C)cs2)C[C@H]2CCCO2)cn1. The van der Waals surface area contributed by atoms with Crippen LogP contribution in [0.1, 0.15) is 34.9 Å². The molecule has 22 heavy (non-hydrogen) atoms. The highest BCUT2D eigenvalue weighted by atomic mass is 32.1. The molecule has 1 fully saturated rings. The molecule has 3 rings (SSSR count). The van der Waals surface area contributed by atoms with E-state index < -0.39 is 0 Å². The summed E-state index contributed by atoms with van der Waals surface area (Å²) in [5.74, 6) is 0. The van der Waals surface area contributed by atoms with Gasteiger partial charge in [-0.25, -0.2) is 4.98 Å². The molecule has 0 aromatic carbocycles. The number of nitrogens with zero attached hydrogens (tertiary/aromatic N) is 4. The van der Waals surface area contributed by atoms with Crippen LogP contribution in [0.25, 0.3) is 0 Å². The Balaban J connectivity index is 1.68. The van der Waals surface area contributed by atoms with Gasteiger partial charge < -0.3 is 4.74 Å². The van der Waals surface area contributed by atoms with Gasteiger partial charge in [0.1, 0.15) is 5.01 Å². The van der Waals surface area contributed by atoms with E-state index in [2.05, 4.69) is 25.2 Å². The van der Waals surface area contributed by atoms with Crippen molar-refractivity contribution in [1.82, 2.24) is 19.9 Å². The smallest absolute Gasteiger partial charge is 0.107 e. The van der Waals surface area contributed by atoms with Gasteiger partial charge in [0, 0.05) is 43.2 Å². The molecule has 0 unspecified atom stereocenters. The van der Waals surface area contributed by atoms with Gasteiger partial charge in [0.25, 0.3) is 0 Å². The Hall–Kier alpha value is -1.37. The van der Waals surface area contributed by atoms with E-state index in [1.807, 2.05) is 26.2 Å². The van der Waals surface area contributed by atoms with Gasteiger partial charge in [0.05, 0.1) is 24.0 Å². The summed E-state index contributed by atoms with van der Waals surface area (Å²) < 4.78 is 5.79. The molecule has 0 saturated carbocycles. The fourth-order valence-corrected chi connectivity index (χ4v) is 3.47. The minimum atomic E-state index is 0.333. The van der Waals surface area contributed by atoms with Crippen molar-refractivity contribution >= 4 is 11.3 Å². The zero-order valence-corrected chi connectivity index (χ0v) is 14.0. The lowest BCUT2D eigenvalue weighted by Crippen LogP contribution is -2.31. The van der Waals surface area contributed by atoms with Crippen molar-refractivity contribution in [2.45, 2.75) is 45.9 Å². The van der Waals surface area contributed by atoms with Crippen LogP contribution in [0.2, 0.25) is 0 Å². The largest absolute Gasteiger partial charge is 0.377 e. The Morgan fingerprint density at radius 1 is 1.23 bits per heavy atom. The van der Waals surface area contributed by atoms with E-state index in [1.54, 1.807) is 11.3 Å². The fraction of sp³-hybridized carbons (Fsp3) is 0.562. The van der Waals surface area contributed by atoms with Crippen molar-refractivity contribution in [3.05, 3.63) is 39.9 Å². The second kappa shape index (κ2) is 7.26. The van der Waals surface area contributed by atoms with E-state index in [-0.39, 0.29) is 0 Å². The standard InChI is InChI=1S/C16H22N4OS/c1-12-6-18-14(7-17-12)8-20(9-15-4-3-5-21-15)10-16-19-13(2)11-22-16/h6-7,11,15H,3-5,8-10H2,1-2H3/t15-/m1/s1. The number of aromatic nitrogens is 3. The van der Waals surface area contributed by atoms with E-state index in [0.717, 1.165) is 54.8 Å². The van der Waals surface area contributed by atoms with Gasteiger partial charge in [-0.05, 0) is 26.7 Å². The number of rotatable bonds is 6. The molecule has 2 aromatic rings. The lowest BCUT2D eigenvalue weighted by molar-refractivity contribution is 0.0674. The molecule has 0 N–H and O–H groups in total. The summed E-state index contributed by atoms with van der Waals surface area (Å²) in [6.07, 6.45) is 6.34. The minimum absolute atomic E-state index is 0.333. The number of ether oxygens (including phenoxy) is 1. The van der Waals surface area contributed by atoms with Crippen LogP contribution in [0.5, 0.6) is 0 Å². The van der Waals surface area contributed by atoms with Gasteiger partial charge in [-0.1, -0.05) is 0 Å². The Bertz CT molecular complexity index is 592. The minimum Gasteiger partial charge on any atom is -0.377 e. The highest BCUT2D eigenvalue weighted by Gasteiger charge is 2.20. The molecule has 1 saturated heterocycles. The van der Waals surface area contributed by atoms with Crippen LogP contribution in [-0.2, 0) is 17.8 Å². The van der Waals surface area contributed by atoms with Crippen LogP contribution in [0.15, 0.2) is 17.8 Å². The molecule has 0 aliphatic carbocycles. The van der Waals surface area contributed by atoms with Crippen LogP contribution in [0.4, 0.5) is 0 Å². The average Bonchev–Trinajstić information content (AvgIpc) is 3.13. The first-order valence-electron chi connectivity index (χ1n) is 7.71. The summed E-state index contributed by atoms with van der Waals surface area (Å²) in [6, 6.07) is 0. The van der Waals surface area contributed by atoms with Gasteiger partial charge in [-0.2, -0.15) is 0 Å². The maximum absolute atomic E-state index is 5.79. The number of hydrogen-bond acceptors (Lipinski definition) is 6. The number of aryl methyl sites for hydroxylation is 2. The van der Waals surface area contributed by atoms with Gasteiger partial charge >= 0.3 is 0 Å². The maximum atomic E-state index is 5.79. The Morgan fingerprint density at radius 2 is 2.14 bits per heavy atom. The summed E-state index contributed by atoms with van der Waals surface area (Å²) in [7, 11) is 0. The van der Waals surface area contributed by atoms with Crippen LogP contribution >= 0.6 is 11.3 Å². The predicted molar refractivity (Wildman–Crippen MR) is 86.7 cm³/mol. The molecule has 1 aliphatic heterocycles. The third-order valence-electron chi connectivity index (χ3n) is 3.73. The van der Waals surface area contributed by atoms with Gasteiger partial charge in [0.2, 0.25) is 0 Å². The molecule has 0 spiro atoms. The second-order valence-corrected chi connectivity index (χ2v) is 6.78. The third-order valence-corrected chi connectivity index (χ3v) is 4.68. The average molecular weight is 318 g/mol. The fourth-order valence-electron chi connectivity index (χ4n) is 2.66. The van der Waals surface area contributed by atoms with Crippen LogP contribution in [-0.4, -0.2) is 39.1 Å². The first-order valence-corrected chi connectivity index (χ1v) is 8.59. The van der Waals surface area contributed by atoms with E-state index in [4.69, 9.17) is 4.74 Å². The zero-order valence-electron chi connectivity index (χ0n) is 13.2. The van der Waals surface area contributed by atoms with Crippen molar-refractivity contribution in [2.75, 3.05) is 13.2 Å².